The zero-order chi connectivity index (χ0) is 25.9. The summed E-state index contributed by atoms with van der Waals surface area (Å²) in [5, 5.41) is 10.6. The molecule has 3 aromatic carbocycles. The summed E-state index contributed by atoms with van der Waals surface area (Å²) in [7, 11) is 1.47. The first-order valence-corrected chi connectivity index (χ1v) is 12.5. The van der Waals surface area contributed by atoms with Crippen molar-refractivity contribution in [2.45, 2.75) is 13.0 Å². The molecule has 0 aliphatic carbocycles. The number of aromatic hydroxyl groups is 1. The highest BCUT2D eigenvalue weighted by atomic mass is 32.1. The second-order valence-corrected chi connectivity index (χ2v) is 9.25. The third kappa shape index (κ3) is 4.47. The topological polar surface area (TPSA) is 90.1 Å². The van der Waals surface area contributed by atoms with Crippen molar-refractivity contribution >= 4 is 29.1 Å². The second kappa shape index (κ2) is 10.3. The molecule has 0 amide bonds. The lowest BCUT2D eigenvalue weighted by atomic mass is 9.93. The maximum Gasteiger partial charge on any atom is 0.338 e. The van der Waals surface area contributed by atoms with E-state index < -0.39 is 12.0 Å². The Balaban J connectivity index is 1.83. The Labute approximate surface area is 216 Å². The molecule has 2 heterocycles. The summed E-state index contributed by atoms with van der Waals surface area (Å²) in [6.45, 7) is 1.93. The van der Waals surface area contributed by atoms with Gasteiger partial charge in [-0.15, -0.1) is 0 Å². The molecule has 8 heteroatoms. The lowest BCUT2D eigenvalue weighted by molar-refractivity contribution is -0.138. The summed E-state index contributed by atoms with van der Waals surface area (Å²) in [4.78, 5) is 32.5. The van der Waals surface area contributed by atoms with E-state index in [2.05, 4.69) is 0 Å². The molecule has 1 N–H and O–H groups in total. The number of para-hydroxylation sites is 1. The Morgan fingerprint density at radius 3 is 2.43 bits per heavy atom. The van der Waals surface area contributed by atoms with Gasteiger partial charge in [-0.1, -0.05) is 84.1 Å². The monoisotopic (exact) mass is 512 g/mol. The van der Waals surface area contributed by atoms with Crippen LogP contribution in [-0.2, 0) is 9.53 Å². The number of ether oxygens (including phenoxy) is 2. The second-order valence-electron chi connectivity index (χ2n) is 8.24. The van der Waals surface area contributed by atoms with Crippen LogP contribution >= 0.6 is 11.3 Å². The van der Waals surface area contributed by atoms with E-state index >= 15 is 0 Å². The molecular formula is C29H24N2O5S. The van der Waals surface area contributed by atoms with Crippen molar-refractivity contribution in [1.82, 2.24) is 4.57 Å². The van der Waals surface area contributed by atoms with E-state index in [0.717, 1.165) is 11.1 Å². The number of thiazole rings is 1. The Kier molecular flexibility index (Phi) is 6.74. The van der Waals surface area contributed by atoms with E-state index in [0.29, 0.717) is 31.9 Å². The van der Waals surface area contributed by atoms with Crippen LogP contribution in [0, 0.1) is 0 Å². The van der Waals surface area contributed by atoms with Crippen molar-refractivity contribution < 1.29 is 19.4 Å². The Bertz CT molecular complexity index is 1670. The zero-order valence-electron chi connectivity index (χ0n) is 20.3. The minimum Gasteiger partial charge on any atom is -0.504 e. The van der Waals surface area contributed by atoms with Gasteiger partial charge >= 0.3 is 5.97 Å². The predicted octanol–water partition coefficient (Wildman–Crippen LogP) is 3.65. The third-order valence-corrected chi connectivity index (χ3v) is 7.01. The number of phenolic OH excluding ortho intramolecular Hbond substituents is 1. The summed E-state index contributed by atoms with van der Waals surface area (Å²) in [6.07, 6.45) is 1.61. The quantitative estimate of drug-likeness (QED) is 0.399. The number of fused-ring (bicyclic) bond motifs is 1. The van der Waals surface area contributed by atoms with Crippen LogP contribution in [0.5, 0.6) is 11.5 Å². The van der Waals surface area contributed by atoms with Crippen LogP contribution < -0.4 is 19.6 Å². The predicted molar refractivity (Wildman–Crippen MR) is 142 cm³/mol. The SMILES string of the molecule is CCOC(=O)C1=C(c2ccccc2)N=c2s/c(=C\c3cccc(OC)c3O)c(=O)n2[C@@H]1c1ccccc1. The number of rotatable bonds is 6. The molecule has 7 nitrogen and oxygen atoms in total. The maximum absolute atomic E-state index is 13.8. The number of esters is 1. The molecule has 37 heavy (non-hydrogen) atoms. The number of hydrogen-bond donors (Lipinski definition) is 1. The molecule has 5 rings (SSSR count). The van der Waals surface area contributed by atoms with Crippen LogP contribution in [0.3, 0.4) is 0 Å². The van der Waals surface area contributed by atoms with Gasteiger partial charge in [0.05, 0.1) is 35.6 Å². The molecule has 1 aliphatic rings. The van der Waals surface area contributed by atoms with Crippen LogP contribution in [-0.4, -0.2) is 29.4 Å². The molecule has 0 saturated heterocycles. The van der Waals surface area contributed by atoms with Gasteiger partial charge in [0.15, 0.2) is 16.3 Å². The van der Waals surface area contributed by atoms with Crippen molar-refractivity contribution in [1.29, 1.82) is 0 Å². The standard InChI is InChI=1S/C29H24N2O5S/c1-3-36-28(34)23-24(18-11-6-4-7-12-18)30-29-31(25(23)19-13-8-5-9-14-19)27(33)22(37-29)17-20-15-10-16-21(35-2)26(20)32/h4-17,25,32H,3H2,1-2H3/b22-17-/t25-/m1/s1. The number of phenols is 1. The minimum atomic E-state index is -0.743. The molecular weight excluding hydrogens is 488 g/mol. The van der Waals surface area contributed by atoms with E-state index in [4.69, 9.17) is 14.5 Å². The molecule has 0 spiro atoms. The molecule has 0 radical (unpaired) electrons. The summed E-state index contributed by atoms with van der Waals surface area (Å²) in [5.74, 6) is -0.286. The van der Waals surface area contributed by atoms with Gasteiger partial charge in [0.25, 0.3) is 5.56 Å². The third-order valence-electron chi connectivity index (χ3n) is 6.03. The molecule has 0 bridgehead atoms. The number of carbonyl (C=O) groups excluding carboxylic acids is 1. The van der Waals surface area contributed by atoms with Gasteiger partial charge in [-0.05, 0) is 24.6 Å². The van der Waals surface area contributed by atoms with Crippen LogP contribution in [0.1, 0.15) is 29.7 Å². The number of aromatic nitrogens is 1. The van der Waals surface area contributed by atoms with Crippen LogP contribution in [0.2, 0.25) is 0 Å². The number of carbonyl (C=O) groups is 1. The van der Waals surface area contributed by atoms with Crippen molar-refractivity contribution in [2.75, 3.05) is 13.7 Å². The fraction of sp³-hybridized carbons (Fsp3) is 0.138. The van der Waals surface area contributed by atoms with Crippen LogP contribution in [0.15, 0.2) is 94.2 Å². The number of hydrogen-bond acceptors (Lipinski definition) is 7. The largest absolute Gasteiger partial charge is 0.504 e. The average Bonchev–Trinajstić information content (AvgIpc) is 3.24. The van der Waals surface area contributed by atoms with Crippen molar-refractivity contribution in [3.05, 3.63) is 121 Å². The molecule has 0 unspecified atom stereocenters. The minimum absolute atomic E-state index is 0.0624. The van der Waals surface area contributed by atoms with Gasteiger partial charge in [0.1, 0.15) is 0 Å². The molecule has 1 aliphatic heterocycles. The van der Waals surface area contributed by atoms with Gasteiger partial charge in [0, 0.05) is 11.1 Å². The van der Waals surface area contributed by atoms with E-state index in [-0.39, 0.29) is 17.9 Å². The molecule has 1 aromatic heterocycles. The summed E-state index contributed by atoms with van der Waals surface area (Å²) < 4.78 is 12.6. The summed E-state index contributed by atoms with van der Waals surface area (Å²) in [6, 6.07) is 23.1. The first-order valence-electron chi connectivity index (χ1n) is 11.7. The van der Waals surface area contributed by atoms with Crippen molar-refractivity contribution in [3.8, 4) is 11.5 Å². The van der Waals surface area contributed by atoms with E-state index in [1.807, 2.05) is 60.7 Å². The number of methoxy groups -OCH3 is 1. The molecule has 0 saturated carbocycles. The van der Waals surface area contributed by atoms with Gasteiger partial charge in [-0.3, -0.25) is 9.36 Å². The zero-order valence-corrected chi connectivity index (χ0v) is 21.1. The summed E-state index contributed by atoms with van der Waals surface area (Å²) in [5.41, 5.74) is 2.37. The Hall–Kier alpha value is -4.43. The smallest absolute Gasteiger partial charge is 0.338 e. The molecule has 4 aromatic rings. The highest BCUT2D eigenvalue weighted by Crippen LogP contribution is 2.35. The fourth-order valence-corrected chi connectivity index (χ4v) is 5.34. The van der Waals surface area contributed by atoms with E-state index in [1.54, 1.807) is 31.2 Å². The maximum atomic E-state index is 13.8. The van der Waals surface area contributed by atoms with Crippen LogP contribution in [0.25, 0.3) is 11.8 Å². The molecule has 186 valence electrons. The molecule has 0 fully saturated rings. The Morgan fingerprint density at radius 1 is 1.05 bits per heavy atom. The Morgan fingerprint density at radius 2 is 1.76 bits per heavy atom. The lowest BCUT2D eigenvalue weighted by Crippen LogP contribution is -2.39. The lowest BCUT2D eigenvalue weighted by Gasteiger charge is -2.25. The highest BCUT2D eigenvalue weighted by Gasteiger charge is 2.35. The normalized spacial score (nSPS) is 15.2. The average molecular weight is 513 g/mol. The first-order chi connectivity index (χ1) is 18.0. The highest BCUT2D eigenvalue weighted by molar-refractivity contribution is 7.07. The van der Waals surface area contributed by atoms with Gasteiger partial charge in [0.2, 0.25) is 0 Å². The number of nitrogens with zero attached hydrogens (tertiary/aromatic N) is 2. The van der Waals surface area contributed by atoms with Crippen molar-refractivity contribution in [2.24, 2.45) is 4.99 Å². The van der Waals surface area contributed by atoms with Crippen molar-refractivity contribution in [3.63, 3.8) is 0 Å². The van der Waals surface area contributed by atoms with Gasteiger partial charge in [-0.25, -0.2) is 9.79 Å². The van der Waals surface area contributed by atoms with Gasteiger partial charge < -0.3 is 14.6 Å². The van der Waals surface area contributed by atoms with E-state index in [9.17, 15) is 14.7 Å². The first kappa shape index (κ1) is 24.3. The fourth-order valence-electron chi connectivity index (χ4n) is 4.35. The van der Waals surface area contributed by atoms with E-state index in [1.165, 1.54) is 23.0 Å². The number of benzene rings is 3. The summed E-state index contributed by atoms with van der Waals surface area (Å²) >= 11 is 1.19. The van der Waals surface area contributed by atoms with Gasteiger partial charge in [-0.2, -0.15) is 0 Å². The van der Waals surface area contributed by atoms with Crippen LogP contribution in [0.4, 0.5) is 0 Å². The molecule has 1 atom stereocenters.